The van der Waals surface area contributed by atoms with Gasteiger partial charge in [-0.15, -0.1) is 0 Å². The number of hydrogen-bond acceptors (Lipinski definition) is 2. The minimum Gasteiger partial charge on any atom is -0.349 e. The van der Waals surface area contributed by atoms with Gasteiger partial charge in [0.15, 0.2) is 0 Å². The van der Waals surface area contributed by atoms with E-state index in [1.807, 2.05) is 48.5 Å². The van der Waals surface area contributed by atoms with Crippen LogP contribution in [0.25, 0.3) is 0 Å². The molecule has 26 heavy (non-hydrogen) atoms. The lowest BCUT2D eigenvalue weighted by Crippen LogP contribution is -2.27. The van der Waals surface area contributed by atoms with E-state index in [4.69, 9.17) is 11.6 Å². The number of carbonyl (C=O) groups excluding carboxylic acids is 2. The van der Waals surface area contributed by atoms with Crippen LogP contribution in [0.1, 0.15) is 40.7 Å². The van der Waals surface area contributed by atoms with Gasteiger partial charge in [-0.2, -0.15) is 0 Å². The molecule has 5 heteroatoms. The summed E-state index contributed by atoms with van der Waals surface area (Å²) in [7, 11) is 1.79. The van der Waals surface area contributed by atoms with Gasteiger partial charge < -0.3 is 10.2 Å². The van der Waals surface area contributed by atoms with Crippen molar-refractivity contribution in [3.63, 3.8) is 0 Å². The number of nitrogens with one attached hydrogen (secondary N) is 1. The van der Waals surface area contributed by atoms with Crippen LogP contribution in [0.2, 0.25) is 5.02 Å². The molecule has 0 aliphatic heterocycles. The first-order valence-corrected chi connectivity index (χ1v) is 9.28. The molecule has 136 valence electrons. The smallest absolute Gasteiger partial charge is 0.251 e. The molecule has 2 aromatic rings. The molecule has 1 aliphatic rings. The van der Waals surface area contributed by atoms with Crippen molar-refractivity contribution >= 4 is 23.4 Å². The van der Waals surface area contributed by atoms with Crippen LogP contribution in [-0.2, 0) is 17.8 Å². The van der Waals surface area contributed by atoms with E-state index >= 15 is 0 Å². The summed E-state index contributed by atoms with van der Waals surface area (Å²) in [6, 6.07) is 15.4. The van der Waals surface area contributed by atoms with E-state index in [1.165, 1.54) is 0 Å². The molecule has 0 radical (unpaired) electrons. The molecule has 1 N–H and O–H groups in total. The quantitative estimate of drug-likeness (QED) is 0.805. The average molecular weight is 371 g/mol. The highest BCUT2D eigenvalue weighted by Crippen LogP contribution is 2.20. The summed E-state index contributed by atoms with van der Waals surface area (Å²) in [6.07, 6.45) is 3.20. The molecule has 0 unspecified atom stereocenters. The fraction of sp³-hybridized carbons (Fsp3) is 0.333. The second kappa shape index (κ2) is 8.37. The van der Waals surface area contributed by atoms with Gasteiger partial charge in [0.25, 0.3) is 5.91 Å². The Morgan fingerprint density at radius 2 is 1.81 bits per heavy atom. The Balaban J connectivity index is 1.50. The van der Waals surface area contributed by atoms with Gasteiger partial charge in [0, 0.05) is 36.6 Å². The standard InChI is InChI=1S/C21H23ClN2O2/c1-24(20(25)13-10-16-4-2-3-5-19(16)22)14-15-6-8-17(9-7-15)21(26)23-18-11-12-18/h2-9,18H,10-14H2,1H3,(H,23,26). The van der Waals surface area contributed by atoms with Crippen molar-refractivity contribution in [1.29, 1.82) is 0 Å². The molecule has 0 saturated heterocycles. The van der Waals surface area contributed by atoms with Crippen LogP contribution in [0.4, 0.5) is 0 Å². The maximum Gasteiger partial charge on any atom is 0.251 e. The molecule has 0 heterocycles. The predicted molar refractivity (Wildman–Crippen MR) is 103 cm³/mol. The molecule has 2 amide bonds. The Hall–Kier alpha value is -2.33. The topological polar surface area (TPSA) is 49.4 Å². The molecular formula is C21H23ClN2O2. The zero-order valence-corrected chi connectivity index (χ0v) is 15.6. The van der Waals surface area contributed by atoms with Crippen molar-refractivity contribution in [2.75, 3.05) is 7.05 Å². The summed E-state index contributed by atoms with van der Waals surface area (Å²) in [5.74, 6) is 0.0451. The van der Waals surface area contributed by atoms with E-state index < -0.39 is 0 Å². The van der Waals surface area contributed by atoms with Crippen molar-refractivity contribution in [2.24, 2.45) is 0 Å². The molecule has 0 aromatic heterocycles. The Morgan fingerprint density at radius 1 is 1.12 bits per heavy atom. The second-order valence-electron chi connectivity index (χ2n) is 6.79. The fourth-order valence-electron chi connectivity index (χ4n) is 2.75. The van der Waals surface area contributed by atoms with Crippen LogP contribution < -0.4 is 5.32 Å². The highest BCUT2D eigenvalue weighted by Gasteiger charge is 2.23. The van der Waals surface area contributed by atoms with Gasteiger partial charge >= 0.3 is 0 Å². The summed E-state index contributed by atoms with van der Waals surface area (Å²) < 4.78 is 0. The maximum atomic E-state index is 12.4. The van der Waals surface area contributed by atoms with E-state index in [0.717, 1.165) is 24.0 Å². The van der Waals surface area contributed by atoms with Crippen LogP contribution in [0.5, 0.6) is 0 Å². The zero-order valence-electron chi connectivity index (χ0n) is 14.9. The first-order chi connectivity index (χ1) is 12.5. The third-order valence-electron chi connectivity index (χ3n) is 4.54. The van der Waals surface area contributed by atoms with E-state index in [1.54, 1.807) is 11.9 Å². The lowest BCUT2D eigenvalue weighted by atomic mass is 10.1. The lowest BCUT2D eigenvalue weighted by Gasteiger charge is -2.17. The number of hydrogen-bond donors (Lipinski definition) is 1. The van der Waals surface area contributed by atoms with E-state index in [2.05, 4.69) is 5.32 Å². The van der Waals surface area contributed by atoms with Gasteiger partial charge in [-0.25, -0.2) is 0 Å². The largest absolute Gasteiger partial charge is 0.349 e. The Labute approximate surface area is 159 Å². The van der Waals surface area contributed by atoms with E-state index in [-0.39, 0.29) is 11.8 Å². The average Bonchev–Trinajstić information content (AvgIpc) is 3.45. The van der Waals surface area contributed by atoms with Gasteiger partial charge in [0.05, 0.1) is 0 Å². The van der Waals surface area contributed by atoms with Crippen molar-refractivity contribution in [1.82, 2.24) is 10.2 Å². The number of amides is 2. The van der Waals surface area contributed by atoms with Crippen molar-refractivity contribution in [2.45, 2.75) is 38.3 Å². The zero-order chi connectivity index (χ0) is 18.5. The molecular weight excluding hydrogens is 348 g/mol. The molecule has 2 aromatic carbocycles. The second-order valence-corrected chi connectivity index (χ2v) is 7.19. The Morgan fingerprint density at radius 3 is 2.46 bits per heavy atom. The van der Waals surface area contributed by atoms with Crippen LogP contribution in [0, 0.1) is 0 Å². The van der Waals surface area contributed by atoms with Crippen LogP contribution in [0.3, 0.4) is 0 Å². The number of aryl methyl sites for hydroxylation is 1. The highest BCUT2D eigenvalue weighted by atomic mass is 35.5. The van der Waals surface area contributed by atoms with Crippen molar-refractivity contribution in [3.8, 4) is 0 Å². The molecule has 0 atom stereocenters. The van der Waals surface area contributed by atoms with Gasteiger partial charge in [-0.05, 0) is 48.6 Å². The van der Waals surface area contributed by atoms with Gasteiger partial charge in [-0.3, -0.25) is 9.59 Å². The molecule has 1 fully saturated rings. The normalized spacial score (nSPS) is 13.3. The third kappa shape index (κ3) is 5.09. The minimum atomic E-state index is -0.0248. The third-order valence-corrected chi connectivity index (χ3v) is 4.91. The summed E-state index contributed by atoms with van der Waals surface area (Å²) in [5.41, 5.74) is 2.65. The van der Waals surface area contributed by atoms with E-state index in [0.29, 0.717) is 36.0 Å². The van der Waals surface area contributed by atoms with E-state index in [9.17, 15) is 9.59 Å². The summed E-state index contributed by atoms with van der Waals surface area (Å²) in [6.45, 7) is 0.520. The summed E-state index contributed by atoms with van der Waals surface area (Å²) in [5, 5.41) is 3.67. The lowest BCUT2D eigenvalue weighted by molar-refractivity contribution is -0.130. The number of nitrogens with zero attached hydrogens (tertiary/aromatic N) is 1. The number of halogens is 1. The molecule has 4 nitrogen and oxygen atoms in total. The van der Waals surface area contributed by atoms with Crippen molar-refractivity contribution < 1.29 is 9.59 Å². The van der Waals surface area contributed by atoms with Gasteiger partial charge in [-0.1, -0.05) is 41.9 Å². The maximum absolute atomic E-state index is 12.4. The molecule has 1 saturated carbocycles. The molecule has 1 aliphatic carbocycles. The van der Waals surface area contributed by atoms with Crippen LogP contribution in [-0.4, -0.2) is 29.8 Å². The monoisotopic (exact) mass is 370 g/mol. The summed E-state index contributed by atoms with van der Waals surface area (Å²) in [4.78, 5) is 26.1. The first-order valence-electron chi connectivity index (χ1n) is 8.90. The summed E-state index contributed by atoms with van der Waals surface area (Å²) >= 11 is 6.14. The van der Waals surface area contributed by atoms with Gasteiger partial charge in [0.2, 0.25) is 5.91 Å². The molecule has 0 spiro atoms. The Kier molecular flexibility index (Phi) is 5.94. The van der Waals surface area contributed by atoms with Crippen LogP contribution >= 0.6 is 11.6 Å². The van der Waals surface area contributed by atoms with Crippen LogP contribution in [0.15, 0.2) is 48.5 Å². The number of benzene rings is 2. The SMILES string of the molecule is CN(Cc1ccc(C(=O)NC2CC2)cc1)C(=O)CCc1ccccc1Cl. The Bertz CT molecular complexity index is 785. The number of carbonyl (C=O) groups is 2. The van der Waals surface area contributed by atoms with Crippen molar-refractivity contribution in [3.05, 3.63) is 70.2 Å². The minimum absolute atomic E-state index is 0.0248. The molecule has 0 bridgehead atoms. The van der Waals surface area contributed by atoms with Gasteiger partial charge in [0.1, 0.15) is 0 Å². The number of rotatable bonds is 7. The molecule has 3 rings (SSSR count). The highest BCUT2D eigenvalue weighted by molar-refractivity contribution is 6.31. The fourth-order valence-corrected chi connectivity index (χ4v) is 2.98. The first kappa shape index (κ1) is 18.5. The predicted octanol–water partition coefficient (Wildman–Crippen LogP) is 3.82.